The molecule has 1 aromatic heterocycles. The molecule has 9 heteroatoms. The molecule has 2 aromatic rings. The van der Waals surface area contributed by atoms with Crippen molar-refractivity contribution in [3.05, 3.63) is 57.9 Å². The second-order valence-corrected chi connectivity index (χ2v) is 3.63. The first-order valence-corrected chi connectivity index (χ1v) is 5.37. The highest BCUT2D eigenvalue weighted by molar-refractivity contribution is 5.98. The van der Waals surface area contributed by atoms with Gasteiger partial charge in [0, 0.05) is 23.9 Å². The van der Waals surface area contributed by atoms with Gasteiger partial charge in [-0.3, -0.25) is 15.2 Å². The van der Waals surface area contributed by atoms with E-state index in [9.17, 15) is 14.9 Å². The number of amidine groups is 1. The Balaban J connectivity index is 2.06. The lowest BCUT2D eigenvalue weighted by Gasteiger charge is -2.00. The first-order chi connectivity index (χ1) is 9.58. The first kappa shape index (κ1) is 13.2. The smallest absolute Gasteiger partial charge is 0.380 e. The molecule has 0 bridgehead atoms. The van der Waals surface area contributed by atoms with Crippen molar-refractivity contribution in [3.8, 4) is 0 Å². The molecule has 0 unspecified atom stereocenters. The molecule has 20 heavy (non-hydrogen) atoms. The number of aromatic nitrogens is 2. The molecular formula is C11H9N5O4. The van der Waals surface area contributed by atoms with Crippen LogP contribution >= 0.6 is 0 Å². The normalized spacial score (nSPS) is 11.1. The number of non-ortho nitro benzene ring substituents is 1. The third kappa shape index (κ3) is 2.96. The number of oxime groups is 1. The largest absolute Gasteiger partial charge is 0.383 e. The monoisotopic (exact) mass is 275 g/mol. The Kier molecular flexibility index (Phi) is 3.70. The molecule has 2 rings (SSSR count). The van der Waals surface area contributed by atoms with Crippen LogP contribution < -0.4 is 5.73 Å². The van der Waals surface area contributed by atoms with Gasteiger partial charge in [0.15, 0.2) is 5.84 Å². The molecule has 0 aliphatic heterocycles. The highest BCUT2D eigenvalue weighted by Gasteiger charge is 2.10. The number of hydrogen-bond donors (Lipinski definition) is 2. The maximum atomic E-state index is 11.4. The number of aromatic amines is 1. The molecule has 0 aliphatic rings. The van der Waals surface area contributed by atoms with E-state index < -0.39 is 10.9 Å². The maximum absolute atomic E-state index is 11.4. The van der Waals surface area contributed by atoms with Crippen molar-refractivity contribution in [1.82, 2.24) is 10.2 Å². The van der Waals surface area contributed by atoms with E-state index in [1.54, 1.807) is 0 Å². The summed E-state index contributed by atoms with van der Waals surface area (Å²) >= 11 is 0. The summed E-state index contributed by atoms with van der Waals surface area (Å²) in [6, 6.07) is 6.77. The summed E-state index contributed by atoms with van der Waals surface area (Å²) in [5, 5.41) is 19.9. The van der Waals surface area contributed by atoms with Gasteiger partial charge in [-0.15, -0.1) is 0 Å². The Bertz CT molecular complexity index is 648. The average molecular weight is 275 g/mol. The van der Waals surface area contributed by atoms with Crippen LogP contribution in [-0.2, 0) is 4.84 Å². The van der Waals surface area contributed by atoms with E-state index in [2.05, 4.69) is 20.2 Å². The van der Waals surface area contributed by atoms with E-state index >= 15 is 0 Å². The number of benzene rings is 1. The van der Waals surface area contributed by atoms with Crippen LogP contribution in [0.3, 0.4) is 0 Å². The fourth-order valence-corrected chi connectivity index (χ4v) is 1.32. The number of nitro groups is 1. The van der Waals surface area contributed by atoms with Crippen LogP contribution in [-0.4, -0.2) is 26.9 Å². The number of nitrogens with zero attached hydrogens (tertiary/aromatic N) is 3. The predicted molar refractivity (Wildman–Crippen MR) is 67.8 cm³/mol. The fourth-order valence-electron chi connectivity index (χ4n) is 1.32. The Morgan fingerprint density at radius 3 is 2.60 bits per heavy atom. The van der Waals surface area contributed by atoms with Crippen LogP contribution in [0.25, 0.3) is 0 Å². The molecule has 0 fully saturated rings. The zero-order valence-electron chi connectivity index (χ0n) is 10.0. The van der Waals surface area contributed by atoms with Gasteiger partial charge in [-0.1, -0.05) is 5.16 Å². The molecule has 0 saturated carbocycles. The maximum Gasteiger partial charge on any atom is 0.383 e. The first-order valence-electron chi connectivity index (χ1n) is 5.37. The van der Waals surface area contributed by atoms with Crippen LogP contribution in [0.15, 0.2) is 41.7 Å². The Labute approximate surface area is 112 Å². The van der Waals surface area contributed by atoms with Gasteiger partial charge >= 0.3 is 5.97 Å². The standard InChI is InChI=1S/C11H9N5O4/c12-10(7-1-3-8(4-2-7)16(18)19)15-20-11(17)9-5-6-13-14-9/h1-6H,(H2,12,15)(H,13,14). The van der Waals surface area contributed by atoms with E-state index in [0.29, 0.717) is 5.56 Å². The zero-order valence-corrected chi connectivity index (χ0v) is 10.0. The summed E-state index contributed by atoms with van der Waals surface area (Å²) < 4.78 is 0. The van der Waals surface area contributed by atoms with Crippen LogP contribution in [0.1, 0.15) is 16.1 Å². The van der Waals surface area contributed by atoms with Crippen LogP contribution in [0, 0.1) is 10.1 Å². The number of nitrogens with one attached hydrogen (secondary N) is 1. The number of nitro benzene ring substituents is 1. The quantitative estimate of drug-likeness (QED) is 0.278. The van der Waals surface area contributed by atoms with E-state index in [1.807, 2.05) is 0 Å². The van der Waals surface area contributed by atoms with Gasteiger partial charge in [0.05, 0.1) is 4.92 Å². The minimum atomic E-state index is -0.743. The highest BCUT2D eigenvalue weighted by Crippen LogP contribution is 2.11. The summed E-state index contributed by atoms with van der Waals surface area (Å²) in [6.45, 7) is 0. The highest BCUT2D eigenvalue weighted by atomic mass is 16.7. The molecule has 0 aliphatic carbocycles. The summed E-state index contributed by atoms with van der Waals surface area (Å²) in [4.78, 5) is 26.0. The fraction of sp³-hybridized carbons (Fsp3) is 0. The molecular weight excluding hydrogens is 266 g/mol. The minimum Gasteiger partial charge on any atom is -0.380 e. The number of nitrogens with two attached hydrogens (primary N) is 1. The molecule has 9 nitrogen and oxygen atoms in total. The molecule has 0 saturated heterocycles. The Morgan fingerprint density at radius 1 is 1.35 bits per heavy atom. The van der Waals surface area contributed by atoms with Gasteiger partial charge in [0.25, 0.3) is 5.69 Å². The van der Waals surface area contributed by atoms with Gasteiger partial charge < -0.3 is 10.6 Å². The van der Waals surface area contributed by atoms with Crippen LogP contribution in [0.5, 0.6) is 0 Å². The number of carbonyl (C=O) groups is 1. The molecule has 0 amide bonds. The van der Waals surface area contributed by atoms with Gasteiger partial charge in [-0.05, 0) is 18.2 Å². The second kappa shape index (κ2) is 5.61. The van der Waals surface area contributed by atoms with E-state index in [0.717, 1.165) is 0 Å². The van der Waals surface area contributed by atoms with Gasteiger partial charge in [0.1, 0.15) is 5.69 Å². The van der Waals surface area contributed by atoms with Crippen molar-refractivity contribution < 1.29 is 14.6 Å². The molecule has 1 aromatic carbocycles. The molecule has 102 valence electrons. The van der Waals surface area contributed by atoms with E-state index in [-0.39, 0.29) is 17.2 Å². The number of H-pyrrole nitrogens is 1. The molecule has 0 radical (unpaired) electrons. The molecule has 1 heterocycles. The van der Waals surface area contributed by atoms with Crippen molar-refractivity contribution in [2.24, 2.45) is 10.9 Å². The number of rotatable bonds is 4. The van der Waals surface area contributed by atoms with Crippen molar-refractivity contribution >= 4 is 17.5 Å². The van der Waals surface area contributed by atoms with E-state index in [4.69, 9.17) is 5.73 Å². The van der Waals surface area contributed by atoms with E-state index in [1.165, 1.54) is 36.5 Å². The van der Waals surface area contributed by atoms with Gasteiger partial charge in [-0.2, -0.15) is 5.10 Å². The number of hydrogen-bond acceptors (Lipinski definition) is 6. The summed E-state index contributed by atoms with van der Waals surface area (Å²) in [5.74, 6) is -0.819. The average Bonchev–Trinajstić information content (AvgIpc) is 2.98. The van der Waals surface area contributed by atoms with Crippen molar-refractivity contribution in [1.29, 1.82) is 0 Å². The molecule has 3 N–H and O–H groups in total. The molecule has 0 spiro atoms. The van der Waals surface area contributed by atoms with Crippen LogP contribution in [0.4, 0.5) is 5.69 Å². The number of carbonyl (C=O) groups excluding carboxylic acids is 1. The summed E-state index contributed by atoms with van der Waals surface area (Å²) in [6.07, 6.45) is 1.39. The predicted octanol–water partition coefficient (Wildman–Crippen LogP) is 0.795. The van der Waals surface area contributed by atoms with Gasteiger partial charge in [0.2, 0.25) is 0 Å². The van der Waals surface area contributed by atoms with Crippen molar-refractivity contribution in [2.45, 2.75) is 0 Å². The third-order valence-corrected chi connectivity index (χ3v) is 2.32. The lowest BCUT2D eigenvalue weighted by Crippen LogP contribution is -2.15. The Hall–Kier alpha value is -3.23. The second-order valence-electron chi connectivity index (χ2n) is 3.63. The van der Waals surface area contributed by atoms with Gasteiger partial charge in [-0.25, -0.2) is 4.79 Å². The zero-order chi connectivity index (χ0) is 14.5. The molecule has 0 atom stereocenters. The third-order valence-electron chi connectivity index (χ3n) is 2.32. The summed E-state index contributed by atoms with van der Waals surface area (Å²) in [5.41, 5.74) is 6.05. The SMILES string of the molecule is N/C(=N\OC(=O)c1ccn[nH]1)c1ccc([N+](=O)[O-])cc1. The van der Waals surface area contributed by atoms with Crippen molar-refractivity contribution in [3.63, 3.8) is 0 Å². The topological polar surface area (TPSA) is 137 Å². The lowest BCUT2D eigenvalue weighted by molar-refractivity contribution is -0.384. The van der Waals surface area contributed by atoms with Crippen molar-refractivity contribution in [2.75, 3.05) is 0 Å². The lowest BCUT2D eigenvalue weighted by atomic mass is 10.2. The minimum absolute atomic E-state index is 0.0731. The Morgan fingerprint density at radius 2 is 2.05 bits per heavy atom. The van der Waals surface area contributed by atoms with Crippen LogP contribution in [0.2, 0.25) is 0 Å². The summed E-state index contributed by atoms with van der Waals surface area (Å²) in [7, 11) is 0.